The van der Waals surface area contributed by atoms with Crippen molar-refractivity contribution >= 4 is 44.1 Å². The van der Waals surface area contributed by atoms with Gasteiger partial charge >= 0.3 is 11.9 Å². The Morgan fingerprint density at radius 1 is 1.18 bits per heavy atom. The minimum Gasteiger partial charge on any atom is -0.382 e. The van der Waals surface area contributed by atoms with Crippen LogP contribution < -0.4 is 15.9 Å². The van der Waals surface area contributed by atoms with Gasteiger partial charge in [-0.1, -0.05) is 0 Å². The van der Waals surface area contributed by atoms with Crippen LogP contribution in [0.25, 0.3) is 21.3 Å². The molecule has 4 heterocycles. The number of anilines is 2. The molecule has 1 aromatic carbocycles. The molecule has 33 heavy (non-hydrogen) atoms. The summed E-state index contributed by atoms with van der Waals surface area (Å²) in [5, 5.41) is 4.30. The molecule has 1 spiro atoms. The summed E-state index contributed by atoms with van der Waals surface area (Å²) < 4.78 is 38.4. The Morgan fingerprint density at radius 3 is 2.82 bits per heavy atom. The molecule has 2 aliphatic rings. The Hall–Kier alpha value is -3.08. The standard InChI is InChI=1S/C22H21F3N6OS/c23-22(24,25)8-14-6-15-18(26-11-27-19(15)33-14)31-9-21(10-31)4-3-13(7-21)28-12-1-2-16-17(5-12)30-20(32)29-16/h1-2,5-6,11,13,28H,3-4,7-10H2,(H2,29,30,32)/t13-/m1/s1. The number of hydrogen-bond donors (Lipinski definition) is 3. The number of aromatic nitrogens is 4. The fourth-order valence-electron chi connectivity index (χ4n) is 5.32. The zero-order chi connectivity index (χ0) is 22.8. The highest BCUT2D eigenvalue weighted by molar-refractivity contribution is 7.18. The summed E-state index contributed by atoms with van der Waals surface area (Å²) in [6.45, 7) is 1.68. The second-order valence-corrected chi connectivity index (χ2v) is 10.3. The van der Waals surface area contributed by atoms with Gasteiger partial charge in [-0.05, 0) is 43.5 Å². The molecular formula is C22H21F3N6OS. The van der Waals surface area contributed by atoms with Gasteiger partial charge in [-0.3, -0.25) is 0 Å². The third-order valence-electron chi connectivity index (χ3n) is 6.68. The van der Waals surface area contributed by atoms with Gasteiger partial charge in [0.25, 0.3) is 0 Å². The normalized spacial score (nSPS) is 20.1. The Balaban J connectivity index is 1.14. The summed E-state index contributed by atoms with van der Waals surface area (Å²) in [5.41, 5.74) is 2.51. The second-order valence-electron chi connectivity index (χ2n) is 9.20. The maximum Gasteiger partial charge on any atom is 0.393 e. The maximum absolute atomic E-state index is 12.8. The van der Waals surface area contributed by atoms with Crippen LogP contribution in [0.1, 0.15) is 24.1 Å². The number of H-pyrrole nitrogens is 2. The summed E-state index contributed by atoms with van der Waals surface area (Å²) in [6, 6.07) is 7.73. The van der Waals surface area contributed by atoms with E-state index in [1.165, 1.54) is 6.33 Å². The molecule has 0 unspecified atom stereocenters. The molecule has 2 fully saturated rings. The van der Waals surface area contributed by atoms with Crippen LogP contribution in [-0.2, 0) is 6.42 Å². The number of nitrogens with zero attached hydrogens (tertiary/aromatic N) is 3. The molecule has 172 valence electrons. The Morgan fingerprint density at radius 2 is 2.00 bits per heavy atom. The molecular weight excluding hydrogens is 453 g/mol. The van der Waals surface area contributed by atoms with E-state index in [-0.39, 0.29) is 16.0 Å². The van der Waals surface area contributed by atoms with Crippen LogP contribution in [0.4, 0.5) is 24.7 Å². The predicted molar refractivity (Wildman–Crippen MR) is 122 cm³/mol. The molecule has 11 heteroatoms. The number of imidazole rings is 1. The van der Waals surface area contributed by atoms with Crippen LogP contribution in [0.2, 0.25) is 0 Å². The van der Waals surface area contributed by atoms with Gasteiger partial charge in [-0.25, -0.2) is 14.8 Å². The highest BCUT2D eigenvalue weighted by Crippen LogP contribution is 2.48. The maximum atomic E-state index is 12.8. The Kier molecular flexibility index (Phi) is 4.48. The van der Waals surface area contributed by atoms with E-state index in [2.05, 4.69) is 30.2 Å². The monoisotopic (exact) mass is 474 g/mol. The van der Waals surface area contributed by atoms with Gasteiger partial charge in [0, 0.05) is 35.1 Å². The van der Waals surface area contributed by atoms with E-state index in [1.54, 1.807) is 6.07 Å². The first kappa shape index (κ1) is 20.5. The lowest BCUT2D eigenvalue weighted by molar-refractivity contribution is -0.126. The largest absolute Gasteiger partial charge is 0.393 e. The lowest BCUT2D eigenvalue weighted by atomic mass is 9.78. The van der Waals surface area contributed by atoms with Gasteiger partial charge in [-0.15, -0.1) is 11.3 Å². The van der Waals surface area contributed by atoms with Crippen molar-refractivity contribution < 1.29 is 13.2 Å². The zero-order valence-electron chi connectivity index (χ0n) is 17.5. The molecule has 1 saturated carbocycles. The van der Waals surface area contributed by atoms with Crippen LogP contribution in [-0.4, -0.2) is 45.2 Å². The van der Waals surface area contributed by atoms with E-state index in [4.69, 9.17) is 0 Å². The van der Waals surface area contributed by atoms with Crippen molar-refractivity contribution in [1.82, 2.24) is 19.9 Å². The molecule has 1 aliphatic carbocycles. The first-order valence-electron chi connectivity index (χ1n) is 10.8. The molecule has 0 bridgehead atoms. The molecule has 4 aromatic rings. The van der Waals surface area contributed by atoms with Gasteiger partial charge in [0.1, 0.15) is 17.0 Å². The number of nitrogens with one attached hydrogen (secondary N) is 3. The van der Waals surface area contributed by atoms with Gasteiger partial charge in [-0.2, -0.15) is 13.2 Å². The highest BCUT2D eigenvalue weighted by Gasteiger charge is 2.49. The van der Waals surface area contributed by atoms with Crippen molar-refractivity contribution in [1.29, 1.82) is 0 Å². The van der Waals surface area contributed by atoms with Gasteiger partial charge < -0.3 is 20.2 Å². The van der Waals surface area contributed by atoms with Crippen molar-refractivity contribution in [2.45, 2.75) is 37.9 Å². The molecule has 0 amide bonds. The van der Waals surface area contributed by atoms with Crippen molar-refractivity contribution in [2.75, 3.05) is 23.3 Å². The average molecular weight is 475 g/mol. The number of aromatic amines is 2. The predicted octanol–water partition coefficient (Wildman–Crippen LogP) is 4.44. The lowest BCUT2D eigenvalue weighted by Gasteiger charge is -2.49. The topological polar surface area (TPSA) is 89.7 Å². The molecule has 0 radical (unpaired) electrons. The summed E-state index contributed by atoms with van der Waals surface area (Å²) in [4.78, 5) is 28.6. The number of alkyl halides is 3. The molecule has 1 saturated heterocycles. The minimum absolute atomic E-state index is 0.187. The van der Waals surface area contributed by atoms with Crippen molar-refractivity contribution in [2.24, 2.45) is 5.41 Å². The highest BCUT2D eigenvalue weighted by atomic mass is 32.1. The summed E-state index contributed by atoms with van der Waals surface area (Å²) >= 11 is 1.09. The van der Waals surface area contributed by atoms with E-state index in [0.717, 1.165) is 66.2 Å². The van der Waals surface area contributed by atoms with Crippen LogP contribution >= 0.6 is 11.3 Å². The summed E-state index contributed by atoms with van der Waals surface area (Å²) in [5.74, 6) is 0.730. The van der Waals surface area contributed by atoms with E-state index in [1.807, 2.05) is 18.2 Å². The fraction of sp³-hybridized carbons (Fsp3) is 0.409. The van der Waals surface area contributed by atoms with Crippen molar-refractivity contribution in [3.05, 3.63) is 46.0 Å². The number of thiophene rings is 1. The number of halogens is 3. The summed E-state index contributed by atoms with van der Waals surface area (Å²) in [6.07, 6.45) is -0.584. The third kappa shape index (κ3) is 3.84. The lowest BCUT2D eigenvalue weighted by Crippen LogP contribution is -2.56. The first-order chi connectivity index (χ1) is 15.8. The second kappa shape index (κ2) is 7.21. The molecule has 3 aromatic heterocycles. The molecule has 3 N–H and O–H groups in total. The Labute approximate surface area is 190 Å². The quantitative estimate of drug-likeness (QED) is 0.407. The van der Waals surface area contributed by atoms with Crippen LogP contribution in [0.5, 0.6) is 0 Å². The fourth-order valence-corrected chi connectivity index (χ4v) is 6.34. The van der Waals surface area contributed by atoms with Crippen LogP contribution in [0, 0.1) is 5.41 Å². The molecule has 1 aliphatic heterocycles. The number of fused-ring (bicyclic) bond motifs is 2. The molecule has 1 atom stereocenters. The van der Waals surface area contributed by atoms with Crippen LogP contribution in [0.3, 0.4) is 0 Å². The molecule has 6 rings (SSSR count). The van der Waals surface area contributed by atoms with Crippen LogP contribution in [0.15, 0.2) is 35.4 Å². The van der Waals surface area contributed by atoms with E-state index in [0.29, 0.717) is 16.3 Å². The van der Waals surface area contributed by atoms with Gasteiger partial charge in [0.05, 0.1) is 22.8 Å². The summed E-state index contributed by atoms with van der Waals surface area (Å²) in [7, 11) is 0. The smallest absolute Gasteiger partial charge is 0.382 e. The minimum atomic E-state index is -4.23. The average Bonchev–Trinajstić information content (AvgIpc) is 3.40. The number of rotatable bonds is 4. The van der Waals surface area contributed by atoms with E-state index >= 15 is 0 Å². The Bertz CT molecular complexity index is 1400. The van der Waals surface area contributed by atoms with E-state index in [9.17, 15) is 18.0 Å². The zero-order valence-corrected chi connectivity index (χ0v) is 18.3. The molecule has 7 nitrogen and oxygen atoms in total. The van der Waals surface area contributed by atoms with Crippen molar-refractivity contribution in [3.8, 4) is 0 Å². The van der Waals surface area contributed by atoms with Gasteiger partial charge in [0.2, 0.25) is 0 Å². The SMILES string of the molecule is O=c1[nH]c2ccc(N[C@@H]3CCC4(C3)CN(c3ncnc5sc(CC(F)(F)F)cc35)C4)cc2[nH]1. The van der Waals surface area contributed by atoms with Gasteiger partial charge in [0.15, 0.2) is 0 Å². The van der Waals surface area contributed by atoms with Crippen molar-refractivity contribution in [3.63, 3.8) is 0 Å². The number of hydrogen-bond acceptors (Lipinski definition) is 6. The first-order valence-corrected chi connectivity index (χ1v) is 11.6. The third-order valence-corrected chi connectivity index (χ3v) is 7.72. The number of benzene rings is 1. The van der Waals surface area contributed by atoms with E-state index < -0.39 is 12.6 Å².